The first kappa shape index (κ1) is 11.7. The molecular formula is C11H22N2OS. The van der Waals surface area contributed by atoms with Gasteiger partial charge < -0.3 is 10.1 Å². The third-order valence-corrected chi connectivity index (χ3v) is 4.80. The van der Waals surface area contributed by atoms with Gasteiger partial charge in [-0.05, 0) is 6.92 Å². The summed E-state index contributed by atoms with van der Waals surface area (Å²) in [5.41, 5.74) is 0. The minimum atomic E-state index is 0.400. The Morgan fingerprint density at radius 1 is 1.47 bits per heavy atom. The molecule has 2 aliphatic heterocycles. The van der Waals surface area contributed by atoms with E-state index in [1.807, 2.05) is 0 Å². The van der Waals surface area contributed by atoms with E-state index in [0.29, 0.717) is 12.1 Å². The van der Waals surface area contributed by atoms with Gasteiger partial charge in [-0.25, -0.2) is 0 Å². The molecule has 2 fully saturated rings. The fraction of sp³-hybridized carbons (Fsp3) is 1.00. The summed E-state index contributed by atoms with van der Waals surface area (Å²) in [7, 11) is 0. The number of thioether (sulfide) groups is 1. The zero-order valence-corrected chi connectivity index (χ0v) is 10.6. The Balaban J connectivity index is 1.81. The van der Waals surface area contributed by atoms with Crippen molar-refractivity contribution in [2.24, 2.45) is 0 Å². The van der Waals surface area contributed by atoms with E-state index < -0.39 is 0 Å². The summed E-state index contributed by atoms with van der Waals surface area (Å²) in [5, 5.41) is 4.15. The van der Waals surface area contributed by atoms with Crippen LogP contribution in [0.2, 0.25) is 0 Å². The number of hydrogen-bond acceptors (Lipinski definition) is 4. The summed E-state index contributed by atoms with van der Waals surface area (Å²) in [5.74, 6) is 1.27. The number of hydrogen-bond donors (Lipinski definition) is 1. The fourth-order valence-corrected chi connectivity index (χ4v) is 3.41. The molecule has 0 spiro atoms. The molecule has 0 aliphatic carbocycles. The van der Waals surface area contributed by atoms with Gasteiger partial charge in [-0.2, -0.15) is 11.8 Å². The molecular weight excluding hydrogens is 208 g/mol. The van der Waals surface area contributed by atoms with Crippen LogP contribution in [0.1, 0.15) is 13.8 Å². The highest BCUT2D eigenvalue weighted by molar-refractivity contribution is 8.00. The van der Waals surface area contributed by atoms with Crippen molar-refractivity contribution < 1.29 is 4.74 Å². The molecule has 3 nitrogen and oxygen atoms in total. The SMILES string of the molecule is CC1SCCN(CC2CNCCO2)C1C. The summed E-state index contributed by atoms with van der Waals surface area (Å²) in [4.78, 5) is 2.58. The monoisotopic (exact) mass is 230 g/mol. The predicted molar refractivity (Wildman–Crippen MR) is 65.6 cm³/mol. The molecule has 3 atom stereocenters. The van der Waals surface area contributed by atoms with Crippen LogP contribution in [0.4, 0.5) is 0 Å². The zero-order valence-electron chi connectivity index (χ0n) is 9.74. The largest absolute Gasteiger partial charge is 0.374 e. The standard InChI is InChI=1S/C11H22N2OS/c1-9-10(2)15-6-4-13(9)8-11-7-12-3-5-14-11/h9-12H,3-8H2,1-2H3. The second-order valence-electron chi connectivity index (χ2n) is 4.51. The minimum Gasteiger partial charge on any atom is -0.374 e. The molecule has 0 aromatic carbocycles. The molecule has 2 rings (SSSR count). The van der Waals surface area contributed by atoms with Crippen molar-refractivity contribution >= 4 is 11.8 Å². The summed E-state index contributed by atoms with van der Waals surface area (Å²) >= 11 is 2.09. The van der Waals surface area contributed by atoms with Crippen LogP contribution in [-0.4, -0.2) is 60.8 Å². The van der Waals surface area contributed by atoms with Crippen molar-refractivity contribution in [1.82, 2.24) is 10.2 Å². The highest BCUT2D eigenvalue weighted by Crippen LogP contribution is 2.24. The molecule has 0 radical (unpaired) electrons. The molecule has 2 aliphatic rings. The topological polar surface area (TPSA) is 24.5 Å². The second-order valence-corrected chi connectivity index (χ2v) is 5.99. The van der Waals surface area contributed by atoms with Crippen LogP contribution < -0.4 is 5.32 Å². The maximum atomic E-state index is 5.75. The Morgan fingerprint density at radius 3 is 3.07 bits per heavy atom. The lowest BCUT2D eigenvalue weighted by molar-refractivity contribution is -0.00102. The fourth-order valence-electron chi connectivity index (χ4n) is 2.25. The Bertz CT molecular complexity index is 197. The van der Waals surface area contributed by atoms with Crippen LogP contribution >= 0.6 is 11.8 Å². The Kier molecular flexibility index (Phi) is 4.31. The molecule has 3 unspecified atom stereocenters. The van der Waals surface area contributed by atoms with E-state index in [1.54, 1.807) is 0 Å². The number of nitrogens with one attached hydrogen (secondary N) is 1. The van der Waals surface area contributed by atoms with Gasteiger partial charge in [0.1, 0.15) is 0 Å². The molecule has 4 heteroatoms. The van der Waals surface area contributed by atoms with Gasteiger partial charge in [0.15, 0.2) is 0 Å². The van der Waals surface area contributed by atoms with Crippen LogP contribution in [-0.2, 0) is 4.74 Å². The van der Waals surface area contributed by atoms with E-state index >= 15 is 0 Å². The molecule has 0 aromatic heterocycles. The van der Waals surface area contributed by atoms with Crippen molar-refractivity contribution in [2.75, 3.05) is 38.5 Å². The van der Waals surface area contributed by atoms with Crippen molar-refractivity contribution in [3.8, 4) is 0 Å². The molecule has 0 aromatic rings. The predicted octanol–water partition coefficient (Wildman–Crippen LogP) is 0.801. The molecule has 1 N–H and O–H groups in total. The first-order valence-electron chi connectivity index (χ1n) is 5.95. The second kappa shape index (κ2) is 5.53. The van der Waals surface area contributed by atoms with Crippen LogP contribution in [0, 0.1) is 0 Å². The lowest BCUT2D eigenvalue weighted by Gasteiger charge is -2.40. The minimum absolute atomic E-state index is 0.400. The summed E-state index contributed by atoms with van der Waals surface area (Å²) < 4.78 is 5.75. The van der Waals surface area contributed by atoms with E-state index in [2.05, 4.69) is 35.8 Å². The molecule has 2 saturated heterocycles. The average molecular weight is 230 g/mol. The van der Waals surface area contributed by atoms with E-state index in [9.17, 15) is 0 Å². The van der Waals surface area contributed by atoms with Crippen molar-refractivity contribution in [3.05, 3.63) is 0 Å². The zero-order chi connectivity index (χ0) is 10.7. The lowest BCUT2D eigenvalue weighted by Crippen LogP contribution is -2.51. The quantitative estimate of drug-likeness (QED) is 0.758. The number of ether oxygens (including phenoxy) is 1. The Morgan fingerprint density at radius 2 is 2.33 bits per heavy atom. The van der Waals surface area contributed by atoms with E-state index in [-0.39, 0.29) is 0 Å². The maximum Gasteiger partial charge on any atom is 0.0826 e. The number of morpholine rings is 1. The van der Waals surface area contributed by atoms with Crippen LogP contribution in [0.25, 0.3) is 0 Å². The third-order valence-electron chi connectivity index (χ3n) is 3.46. The van der Waals surface area contributed by atoms with Crippen molar-refractivity contribution in [3.63, 3.8) is 0 Å². The Hall–Kier alpha value is 0.230. The first-order chi connectivity index (χ1) is 7.27. The average Bonchev–Trinajstić information content (AvgIpc) is 2.26. The highest BCUT2D eigenvalue weighted by atomic mass is 32.2. The third kappa shape index (κ3) is 3.09. The number of rotatable bonds is 2. The van der Waals surface area contributed by atoms with E-state index in [4.69, 9.17) is 4.74 Å². The number of nitrogens with zero attached hydrogens (tertiary/aromatic N) is 1. The van der Waals surface area contributed by atoms with Gasteiger partial charge in [-0.3, -0.25) is 4.90 Å². The van der Waals surface area contributed by atoms with Crippen LogP contribution in [0.3, 0.4) is 0 Å². The molecule has 88 valence electrons. The van der Waals surface area contributed by atoms with Gasteiger partial charge in [0, 0.05) is 43.2 Å². The lowest BCUT2D eigenvalue weighted by atomic mass is 10.2. The van der Waals surface area contributed by atoms with Gasteiger partial charge >= 0.3 is 0 Å². The van der Waals surface area contributed by atoms with Gasteiger partial charge in [-0.1, -0.05) is 6.92 Å². The summed E-state index contributed by atoms with van der Waals surface area (Å²) in [6.07, 6.45) is 0.400. The molecule has 0 saturated carbocycles. The Labute approximate surface area is 96.9 Å². The molecule has 15 heavy (non-hydrogen) atoms. The highest BCUT2D eigenvalue weighted by Gasteiger charge is 2.27. The molecule has 0 bridgehead atoms. The van der Waals surface area contributed by atoms with E-state index in [1.165, 1.54) is 12.3 Å². The van der Waals surface area contributed by atoms with Crippen molar-refractivity contribution in [2.45, 2.75) is 31.2 Å². The molecule has 2 heterocycles. The molecule has 0 amide bonds. The van der Waals surface area contributed by atoms with Gasteiger partial charge in [0.25, 0.3) is 0 Å². The van der Waals surface area contributed by atoms with Gasteiger partial charge in [0.05, 0.1) is 12.7 Å². The van der Waals surface area contributed by atoms with Crippen LogP contribution in [0.15, 0.2) is 0 Å². The summed E-state index contributed by atoms with van der Waals surface area (Å²) in [6.45, 7) is 9.89. The maximum absolute atomic E-state index is 5.75. The van der Waals surface area contributed by atoms with Gasteiger partial charge in [0.2, 0.25) is 0 Å². The van der Waals surface area contributed by atoms with Crippen LogP contribution in [0.5, 0.6) is 0 Å². The van der Waals surface area contributed by atoms with E-state index in [0.717, 1.165) is 31.5 Å². The van der Waals surface area contributed by atoms with Gasteiger partial charge in [-0.15, -0.1) is 0 Å². The summed E-state index contributed by atoms with van der Waals surface area (Å²) in [6, 6.07) is 0.689. The van der Waals surface area contributed by atoms with Crippen molar-refractivity contribution in [1.29, 1.82) is 0 Å². The normalized spacial score (nSPS) is 39.2. The first-order valence-corrected chi connectivity index (χ1v) is 7.00. The smallest absolute Gasteiger partial charge is 0.0826 e.